The number of carbonyl (C=O) groups is 2. The summed E-state index contributed by atoms with van der Waals surface area (Å²) in [4.78, 5) is 23.0. The fourth-order valence-electron chi connectivity index (χ4n) is 1.79. The van der Waals surface area contributed by atoms with Gasteiger partial charge in [-0.05, 0) is 40.5 Å². The Balaban J connectivity index is 2.01. The average molecular weight is 332 g/mol. The van der Waals surface area contributed by atoms with Crippen molar-refractivity contribution in [2.75, 3.05) is 6.54 Å². The van der Waals surface area contributed by atoms with Crippen LogP contribution in [0.2, 0.25) is 5.02 Å². The molecule has 2 rings (SSSR count). The molecule has 0 aromatic heterocycles. The summed E-state index contributed by atoms with van der Waals surface area (Å²) in [6.07, 6.45) is 1.12. The van der Waals surface area contributed by atoms with Crippen molar-refractivity contribution in [3.8, 4) is 0 Å². The Morgan fingerprint density at radius 3 is 2.89 bits per heavy atom. The molecule has 4 nitrogen and oxygen atoms in total. The summed E-state index contributed by atoms with van der Waals surface area (Å²) in [5, 5.41) is 6.19. The van der Waals surface area contributed by atoms with Gasteiger partial charge in [-0.25, -0.2) is 0 Å². The lowest BCUT2D eigenvalue weighted by atomic mass is 10.1. The van der Waals surface area contributed by atoms with Gasteiger partial charge in [0.2, 0.25) is 5.91 Å². The number of benzene rings is 1. The highest BCUT2D eigenvalue weighted by molar-refractivity contribution is 9.10. The lowest BCUT2D eigenvalue weighted by Gasteiger charge is -2.23. The molecule has 1 unspecified atom stereocenters. The van der Waals surface area contributed by atoms with Gasteiger partial charge >= 0.3 is 0 Å². The van der Waals surface area contributed by atoms with Crippen molar-refractivity contribution >= 4 is 39.3 Å². The van der Waals surface area contributed by atoms with E-state index in [1.54, 1.807) is 18.2 Å². The van der Waals surface area contributed by atoms with Crippen molar-refractivity contribution in [1.29, 1.82) is 0 Å². The van der Waals surface area contributed by atoms with Crippen molar-refractivity contribution in [3.63, 3.8) is 0 Å². The number of piperidine rings is 1. The van der Waals surface area contributed by atoms with Crippen LogP contribution in [0.25, 0.3) is 0 Å². The Morgan fingerprint density at radius 1 is 1.50 bits per heavy atom. The fraction of sp³-hybridized carbons (Fsp3) is 0.333. The number of rotatable bonds is 2. The number of hydrogen-bond acceptors (Lipinski definition) is 2. The Bertz CT molecular complexity index is 483. The molecule has 96 valence electrons. The molecular formula is C12H12BrClN2O2. The zero-order valence-electron chi connectivity index (χ0n) is 9.50. The van der Waals surface area contributed by atoms with E-state index in [2.05, 4.69) is 26.6 Å². The molecule has 1 atom stereocenters. The fourth-order valence-corrected chi connectivity index (χ4v) is 2.66. The quantitative estimate of drug-likeness (QED) is 0.872. The molecule has 6 heteroatoms. The van der Waals surface area contributed by atoms with E-state index in [0.29, 0.717) is 34.4 Å². The highest BCUT2D eigenvalue weighted by Gasteiger charge is 2.20. The molecule has 0 radical (unpaired) electrons. The molecule has 1 heterocycles. The summed E-state index contributed by atoms with van der Waals surface area (Å²) >= 11 is 9.13. The van der Waals surface area contributed by atoms with Crippen molar-refractivity contribution in [2.45, 2.75) is 18.9 Å². The van der Waals surface area contributed by atoms with Crippen LogP contribution in [0.3, 0.4) is 0 Å². The van der Waals surface area contributed by atoms with Crippen LogP contribution < -0.4 is 10.6 Å². The highest BCUT2D eigenvalue weighted by Crippen LogP contribution is 2.21. The normalized spacial score (nSPS) is 19.2. The molecule has 0 spiro atoms. The second-order valence-corrected chi connectivity index (χ2v) is 5.43. The molecule has 1 aliphatic heterocycles. The van der Waals surface area contributed by atoms with E-state index in [1.165, 1.54) is 0 Å². The Labute approximate surface area is 118 Å². The van der Waals surface area contributed by atoms with Crippen molar-refractivity contribution in [2.24, 2.45) is 0 Å². The van der Waals surface area contributed by atoms with Gasteiger partial charge in [0.05, 0.1) is 5.56 Å². The first-order valence-corrected chi connectivity index (χ1v) is 6.76. The summed E-state index contributed by atoms with van der Waals surface area (Å²) in [5.74, 6) is -0.132. The lowest BCUT2D eigenvalue weighted by molar-refractivity contribution is -0.122. The maximum Gasteiger partial charge on any atom is 0.252 e. The lowest BCUT2D eigenvalue weighted by Crippen LogP contribution is -2.47. The first-order chi connectivity index (χ1) is 8.56. The zero-order chi connectivity index (χ0) is 13.1. The Morgan fingerprint density at radius 2 is 2.28 bits per heavy atom. The van der Waals surface area contributed by atoms with E-state index in [-0.39, 0.29) is 17.9 Å². The Kier molecular flexibility index (Phi) is 4.24. The van der Waals surface area contributed by atoms with E-state index in [0.717, 1.165) is 0 Å². The largest absolute Gasteiger partial charge is 0.354 e. The topological polar surface area (TPSA) is 58.2 Å². The summed E-state index contributed by atoms with van der Waals surface area (Å²) in [7, 11) is 0. The molecule has 18 heavy (non-hydrogen) atoms. The van der Waals surface area contributed by atoms with Gasteiger partial charge in [-0.1, -0.05) is 11.6 Å². The zero-order valence-corrected chi connectivity index (χ0v) is 11.8. The van der Waals surface area contributed by atoms with Gasteiger partial charge in [0.1, 0.15) is 0 Å². The first-order valence-electron chi connectivity index (χ1n) is 5.59. The van der Waals surface area contributed by atoms with Crippen LogP contribution in [0.5, 0.6) is 0 Å². The molecule has 1 aromatic carbocycles. The van der Waals surface area contributed by atoms with Gasteiger partial charge in [0.15, 0.2) is 0 Å². The van der Waals surface area contributed by atoms with Crippen molar-refractivity contribution in [3.05, 3.63) is 33.3 Å². The molecular weight excluding hydrogens is 320 g/mol. The van der Waals surface area contributed by atoms with Gasteiger partial charge in [0.25, 0.3) is 5.91 Å². The maximum atomic E-state index is 12.0. The summed E-state index contributed by atoms with van der Waals surface area (Å²) in [6.45, 7) is 0.482. The second kappa shape index (κ2) is 5.71. The SMILES string of the molecule is O=C1CCC(NC(=O)c2ccc(Cl)cc2Br)CN1. The van der Waals surface area contributed by atoms with Crippen LogP contribution in [0, 0.1) is 0 Å². The maximum absolute atomic E-state index is 12.0. The van der Waals surface area contributed by atoms with Gasteiger partial charge in [0, 0.05) is 28.5 Å². The van der Waals surface area contributed by atoms with E-state index >= 15 is 0 Å². The monoisotopic (exact) mass is 330 g/mol. The molecule has 1 aromatic rings. The molecule has 2 N–H and O–H groups in total. The molecule has 2 amide bonds. The molecule has 1 fully saturated rings. The van der Waals surface area contributed by atoms with Crippen LogP contribution in [0.4, 0.5) is 0 Å². The molecule has 1 saturated heterocycles. The van der Waals surface area contributed by atoms with Crippen molar-refractivity contribution < 1.29 is 9.59 Å². The minimum absolute atomic E-state index is 0.0159. The Hall–Kier alpha value is -1.07. The van der Waals surface area contributed by atoms with Gasteiger partial charge in [-0.2, -0.15) is 0 Å². The average Bonchev–Trinajstić information content (AvgIpc) is 2.32. The van der Waals surface area contributed by atoms with Gasteiger partial charge in [-0.15, -0.1) is 0 Å². The van der Waals surface area contributed by atoms with E-state index in [9.17, 15) is 9.59 Å². The first kappa shape index (κ1) is 13.4. The number of halogens is 2. The highest BCUT2D eigenvalue weighted by atomic mass is 79.9. The predicted octanol–water partition coefficient (Wildman–Crippen LogP) is 2.11. The molecule has 1 aliphatic rings. The number of nitrogens with one attached hydrogen (secondary N) is 2. The van der Waals surface area contributed by atoms with Crippen LogP contribution in [-0.2, 0) is 4.79 Å². The van der Waals surface area contributed by atoms with Gasteiger partial charge < -0.3 is 10.6 Å². The third-order valence-corrected chi connectivity index (χ3v) is 3.67. The minimum Gasteiger partial charge on any atom is -0.354 e. The summed E-state index contributed by atoms with van der Waals surface area (Å²) in [6, 6.07) is 5.00. The van der Waals surface area contributed by atoms with Crippen LogP contribution in [0.15, 0.2) is 22.7 Å². The van der Waals surface area contributed by atoms with E-state index in [4.69, 9.17) is 11.6 Å². The van der Waals surface area contributed by atoms with Crippen molar-refractivity contribution in [1.82, 2.24) is 10.6 Å². The molecule has 0 saturated carbocycles. The smallest absolute Gasteiger partial charge is 0.252 e. The summed E-state index contributed by atoms with van der Waals surface area (Å²) in [5.41, 5.74) is 0.538. The van der Waals surface area contributed by atoms with Gasteiger partial charge in [-0.3, -0.25) is 9.59 Å². The predicted molar refractivity (Wildman–Crippen MR) is 72.6 cm³/mol. The standard InChI is InChI=1S/C12H12BrClN2O2/c13-10-5-7(14)1-3-9(10)12(18)16-8-2-4-11(17)15-6-8/h1,3,5,8H,2,4,6H2,(H,15,17)(H,16,18). The van der Waals surface area contributed by atoms with Crippen LogP contribution >= 0.6 is 27.5 Å². The van der Waals surface area contributed by atoms with E-state index in [1.807, 2.05) is 0 Å². The minimum atomic E-state index is -0.167. The number of carbonyl (C=O) groups excluding carboxylic acids is 2. The molecule has 0 bridgehead atoms. The second-order valence-electron chi connectivity index (χ2n) is 4.14. The molecule has 0 aliphatic carbocycles. The third kappa shape index (κ3) is 3.23. The summed E-state index contributed by atoms with van der Waals surface area (Å²) < 4.78 is 0.660. The van der Waals surface area contributed by atoms with Crippen LogP contribution in [0.1, 0.15) is 23.2 Å². The van der Waals surface area contributed by atoms with E-state index < -0.39 is 0 Å². The van der Waals surface area contributed by atoms with Crippen LogP contribution in [-0.4, -0.2) is 24.4 Å². The third-order valence-electron chi connectivity index (χ3n) is 2.78. The number of hydrogen-bond donors (Lipinski definition) is 2. The number of amides is 2.